The first kappa shape index (κ1) is 15.3. The van der Waals surface area contributed by atoms with Crippen LogP contribution in [0, 0.1) is 5.82 Å². The van der Waals surface area contributed by atoms with Crippen molar-refractivity contribution in [2.45, 2.75) is 6.18 Å². The second-order valence-corrected chi connectivity index (χ2v) is 4.62. The van der Waals surface area contributed by atoms with Crippen LogP contribution >= 0.6 is 11.6 Å². The molecule has 0 heterocycles. The van der Waals surface area contributed by atoms with Crippen LogP contribution in [0.2, 0.25) is 5.02 Å². The van der Waals surface area contributed by atoms with Crippen molar-refractivity contribution in [1.82, 2.24) is 0 Å². The van der Waals surface area contributed by atoms with Gasteiger partial charge in [-0.3, -0.25) is 4.79 Å². The van der Waals surface area contributed by atoms with Crippen LogP contribution in [0.3, 0.4) is 0 Å². The summed E-state index contributed by atoms with van der Waals surface area (Å²) in [6.07, 6.45) is -4.03. The predicted molar refractivity (Wildman–Crippen MR) is 71.5 cm³/mol. The van der Waals surface area contributed by atoms with Crippen LogP contribution in [0.15, 0.2) is 36.4 Å². The number of anilines is 2. The van der Waals surface area contributed by atoms with Gasteiger partial charge < -0.3 is 5.32 Å². The molecular weight excluding hydrogens is 310 g/mol. The lowest BCUT2D eigenvalue weighted by Gasteiger charge is -2.12. The lowest BCUT2D eigenvalue weighted by Crippen LogP contribution is -2.05. The summed E-state index contributed by atoms with van der Waals surface area (Å²) in [5, 5.41) is 2.50. The van der Waals surface area contributed by atoms with Gasteiger partial charge in [0.15, 0.2) is 0 Å². The van der Waals surface area contributed by atoms with E-state index >= 15 is 0 Å². The Labute approximate surface area is 122 Å². The molecule has 0 saturated carbocycles. The van der Waals surface area contributed by atoms with E-state index in [2.05, 4.69) is 5.32 Å². The van der Waals surface area contributed by atoms with E-state index in [-0.39, 0.29) is 22.0 Å². The summed E-state index contributed by atoms with van der Waals surface area (Å²) in [6, 6.07) is 6.24. The van der Waals surface area contributed by atoms with E-state index in [0.29, 0.717) is 6.29 Å². The molecule has 2 aromatic rings. The number of aldehydes is 1. The van der Waals surface area contributed by atoms with Gasteiger partial charge in [-0.1, -0.05) is 11.6 Å². The van der Waals surface area contributed by atoms with E-state index in [4.69, 9.17) is 11.6 Å². The highest BCUT2D eigenvalue weighted by atomic mass is 35.5. The first-order valence-electron chi connectivity index (χ1n) is 5.69. The molecule has 0 spiro atoms. The molecule has 0 aromatic heterocycles. The van der Waals surface area contributed by atoms with Crippen molar-refractivity contribution in [3.05, 3.63) is 58.4 Å². The first-order valence-corrected chi connectivity index (χ1v) is 6.07. The van der Waals surface area contributed by atoms with Crippen molar-refractivity contribution in [2.75, 3.05) is 5.32 Å². The van der Waals surface area contributed by atoms with Crippen LogP contribution in [-0.4, -0.2) is 6.29 Å². The zero-order valence-electron chi connectivity index (χ0n) is 10.3. The van der Waals surface area contributed by atoms with Crippen LogP contribution in [0.4, 0.5) is 28.9 Å². The van der Waals surface area contributed by atoms with Crippen LogP contribution in [-0.2, 0) is 6.18 Å². The number of carbonyl (C=O) groups excluding carboxylic acids is 1. The zero-order valence-corrected chi connectivity index (χ0v) is 11.1. The lowest BCUT2D eigenvalue weighted by molar-refractivity contribution is -0.137. The van der Waals surface area contributed by atoms with E-state index in [9.17, 15) is 22.4 Å². The average molecular weight is 318 g/mol. The first-order chi connectivity index (χ1) is 9.79. The van der Waals surface area contributed by atoms with Gasteiger partial charge in [0.05, 0.1) is 16.3 Å². The predicted octanol–water partition coefficient (Wildman–Crippen LogP) is 5.05. The Kier molecular flexibility index (Phi) is 4.18. The Morgan fingerprint density at radius 1 is 1.10 bits per heavy atom. The van der Waals surface area contributed by atoms with Gasteiger partial charge in [0.1, 0.15) is 12.1 Å². The Morgan fingerprint density at radius 3 is 2.38 bits per heavy atom. The number of halogens is 5. The number of nitrogens with one attached hydrogen (secondary N) is 1. The molecule has 0 aliphatic heterocycles. The molecule has 0 radical (unpaired) electrons. The highest BCUT2D eigenvalue weighted by molar-refractivity contribution is 6.33. The van der Waals surface area contributed by atoms with E-state index < -0.39 is 17.6 Å². The molecule has 0 aliphatic rings. The summed E-state index contributed by atoms with van der Waals surface area (Å²) in [4.78, 5) is 10.6. The molecule has 0 saturated heterocycles. The maximum Gasteiger partial charge on any atom is 0.416 e. The maximum atomic E-state index is 13.3. The molecule has 110 valence electrons. The number of alkyl halides is 3. The molecule has 2 nitrogen and oxygen atoms in total. The number of carbonyl (C=O) groups is 1. The topological polar surface area (TPSA) is 29.1 Å². The molecule has 0 fully saturated rings. The lowest BCUT2D eigenvalue weighted by atomic mass is 10.1. The molecule has 0 bridgehead atoms. The van der Waals surface area contributed by atoms with Crippen molar-refractivity contribution in [2.24, 2.45) is 0 Å². The molecule has 0 unspecified atom stereocenters. The standard InChI is InChI=1S/C14H8ClF4NO/c15-12-5-9(14(17,18)19)1-2-13(12)20-11-4-8(7-21)3-10(16)6-11/h1-7,20H. The Bertz CT molecular complexity index is 685. The summed E-state index contributed by atoms with van der Waals surface area (Å²) in [6.45, 7) is 0. The van der Waals surface area contributed by atoms with Gasteiger partial charge in [-0.05, 0) is 36.4 Å². The molecule has 21 heavy (non-hydrogen) atoms. The number of hydrogen-bond acceptors (Lipinski definition) is 2. The van der Waals surface area contributed by atoms with E-state index in [1.54, 1.807) is 0 Å². The minimum Gasteiger partial charge on any atom is -0.354 e. The molecule has 7 heteroatoms. The van der Waals surface area contributed by atoms with Crippen molar-refractivity contribution in [1.29, 1.82) is 0 Å². The fraction of sp³-hybridized carbons (Fsp3) is 0.0714. The summed E-state index contributed by atoms with van der Waals surface area (Å²) < 4.78 is 50.8. The van der Waals surface area contributed by atoms with Crippen molar-refractivity contribution < 1.29 is 22.4 Å². The Hall–Kier alpha value is -2.08. The smallest absolute Gasteiger partial charge is 0.354 e. The van der Waals surface area contributed by atoms with Gasteiger partial charge in [-0.2, -0.15) is 13.2 Å². The second kappa shape index (κ2) is 5.73. The number of benzene rings is 2. The summed E-state index contributed by atoms with van der Waals surface area (Å²) >= 11 is 5.77. The summed E-state index contributed by atoms with van der Waals surface area (Å²) in [5.74, 6) is -0.648. The van der Waals surface area contributed by atoms with Crippen LogP contribution in [0.5, 0.6) is 0 Å². The molecule has 1 N–H and O–H groups in total. The van der Waals surface area contributed by atoms with Gasteiger partial charge in [0.25, 0.3) is 0 Å². The monoisotopic (exact) mass is 317 g/mol. The normalized spacial score (nSPS) is 11.3. The van der Waals surface area contributed by atoms with Crippen molar-refractivity contribution >= 4 is 29.3 Å². The molecule has 2 aromatic carbocycles. The maximum absolute atomic E-state index is 13.3. The Morgan fingerprint density at radius 2 is 1.81 bits per heavy atom. The minimum atomic E-state index is -4.49. The fourth-order valence-corrected chi connectivity index (χ4v) is 1.93. The summed E-state index contributed by atoms with van der Waals surface area (Å²) in [5.41, 5.74) is -0.405. The van der Waals surface area contributed by atoms with Crippen molar-refractivity contribution in [3.63, 3.8) is 0 Å². The second-order valence-electron chi connectivity index (χ2n) is 4.21. The van der Waals surface area contributed by atoms with Crippen molar-refractivity contribution in [3.8, 4) is 0 Å². The zero-order chi connectivity index (χ0) is 15.6. The number of hydrogen-bond donors (Lipinski definition) is 1. The van der Waals surface area contributed by atoms with Gasteiger partial charge in [0, 0.05) is 11.3 Å². The molecule has 0 aliphatic carbocycles. The van der Waals surface area contributed by atoms with Crippen LogP contribution in [0.25, 0.3) is 0 Å². The van der Waals surface area contributed by atoms with Crippen LogP contribution < -0.4 is 5.32 Å². The quantitative estimate of drug-likeness (QED) is 0.633. The van der Waals surface area contributed by atoms with Gasteiger partial charge in [-0.25, -0.2) is 4.39 Å². The number of rotatable bonds is 3. The highest BCUT2D eigenvalue weighted by Gasteiger charge is 2.30. The minimum absolute atomic E-state index is 0.0977. The molecule has 0 amide bonds. The molecule has 0 atom stereocenters. The third-order valence-electron chi connectivity index (χ3n) is 2.63. The SMILES string of the molecule is O=Cc1cc(F)cc(Nc2ccc(C(F)(F)F)cc2Cl)c1. The van der Waals surface area contributed by atoms with E-state index in [1.807, 2.05) is 0 Å². The van der Waals surface area contributed by atoms with Gasteiger partial charge in [-0.15, -0.1) is 0 Å². The largest absolute Gasteiger partial charge is 0.416 e. The molecular formula is C14H8ClF4NO. The van der Waals surface area contributed by atoms with Gasteiger partial charge >= 0.3 is 6.18 Å². The van der Waals surface area contributed by atoms with Gasteiger partial charge in [0.2, 0.25) is 0 Å². The molecule has 2 rings (SSSR count). The Balaban J connectivity index is 2.32. The van der Waals surface area contributed by atoms with Crippen LogP contribution in [0.1, 0.15) is 15.9 Å². The fourth-order valence-electron chi connectivity index (χ4n) is 1.70. The van der Waals surface area contributed by atoms with E-state index in [1.165, 1.54) is 6.07 Å². The van der Waals surface area contributed by atoms with E-state index in [0.717, 1.165) is 30.3 Å². The third-order valence-corrected chi connectivity index (χ3v) is 2.94. The third kappa shape index (κ3) is 3.72. The highest BCUT2D eigenvalue weighted by Crippen LogP contribution is 2.34. The summed E-state index contributed by atoms with van der Waals surface area (Å²) in [7, 11) is 0. The average Bonchev–Trinajstić information content (AvgIpc) is 2.39.